The number of carbonyl (C=O) groups excluding carboxylic acids is 1. The summed E-state index contributed by atoms with van der Waals surface area (Å²) < 4.78 is 4.60. The number of nitrogens with zero attached hydrogens (tertiary/aromatic N) is 3. The fraction of sp³-hybridized carbons (Fsp3) is 0.100. The van der Waals surface area contributed by atoms with Crippen molar-refractivity contribution in [1.82, 2.24) is 15.5 Å². The molecule has 1 N–H and O–H groups in total. The maximum atomic E-state index is 11.8. The number of nitro groups is 1. The van der Waals surface area contributed by atoms with Crippen molar-refractivity contribution in [3.05, 3.63) is 51.1 Å². The molecule has 19 heavy (non-hydrogen) atoms. The van der Waals surface area contributed by atoms with Crippen LogP contribution in [-0.2, 0) is 6.54 Å². The molecule has 2 heterocycles. The number of pyridine rings is 1. The molecule has 0 aliphatic heterocycles. The first-order chi connectivity index (χ1) is 9.08. The molecule has 0 aromatic carbocycles. The van der Waals surface area contributed by atoms with E-state index < -0.39 is 10.8 Å². The Morgan fingerprint density at radius 1 is 1.58 bits per heavy atom. The Morgan fingerprint density at radius 3 is 3.00 bits per heavy atom. The van der Waals surface area contributed by atoms with Crippen molar-refractivity contribution in [2.45, 2.75) is 6.54 Å². The van der Waals surface area contributed by atoms with Crippen LogP contribution in [0, 0.1) is 10.1 Å². The molecule has 0 aliphatic carbocycles. The molecule has 0 saturated carbocycles. The molecular formula is C10H7ClN4O4. The third-order valence-electron chi connectivity index (χ3n) is 2.20. The second kappa shape index (κ2) is 5.44. The van der Waals surface area contributed by atoms with Crippen LogP contribution in [0.3, 0.4) is 0 Å². The highest BCUT2D eigenvalue weighted by molar-refractivity contribution is 6.32. The summed E-state index contributed by atoms with van der Waals surface area (Å²) >= 11 is 5.73. The lowest BCUT2D eigenvalue weighted by atomic mass is 10.2. The highest BCUT2D eigenvalue weighted by Gasteiger charge is 2.17. The smallest absolute Gasteiger partial charge is 0.288 e. The summed E-state index contributed by atoms with van der Waals surface area (Å²) in [5.41, 5.74) is 0.137. The van der Waals surface area contributed by atoms with Gasteiger partial charge in [-0.25, -0.2) is 4.98 Å². The SMILES string of the molecule is O=C(NCc1ccon1)c1cc([N+](=O)[O-])cnc1Cl. The Labute approximate surface area is 111 Å². The van der Waals surface area contributed by atoms with Gasteiger partial charge in [-0.2, -0.15) is 0 Å². The van der Waals surface area contributed by atoms with Crippen molar-refractivity contribution >= 4 is 23.2 Å². The zero-order valence-electron chi connectivity index (χ0n) is 9.37. The Balaban J connectivity index is 2.14. The minimum absolute atomic E-state index is 0.0700. The van der Waals surface area contributed by atoms with Crippen LogP contribution >= 0.6 is 11.6 Å². The Morgan fingerprint density at radius 2 is 2.37 bits per heavy atom. The van der Waals surface area contributed by atoms with Crippen molar-refractivity contribution in [2.75, 3.05) is 0 Å². The summed E-state index contributed by atoms with van der Waals surface area (Å²) in [7, 11) is 0. The molecule has 0 bridgehead atoms. The maximum Gasteiger partial charge on any atom is 0.288 e. The standard InChI is InChI=1S/C10H7ClN4O4/c11-9-8(3-7(5-12-9)15(17)18)10(16)13-4-6-1-2-19-14-6/h1-3,5H,4H2,(H,13,16). The second-order valence-electron chi connectivity index (χ2n) is 3.46. The molecule has 9 heteroatoms. The number of hydrogen-bond acceptors (Lipinski definition) is 6. The van der Waals surface area contributed by atoms with E-state index in [1.165, 1.54) is 6.26 Å². The summed E-state index contributed by atoms with van der Waals surface area (Å²) in [4.78, 5) is 25.4. The molecule has 0 aliphatic rings. The molecule has 0 fully saturated rings. The monoisotopic (exact) mass is 282 g/mol. The Kier molecular flexibility index (Phi) is 3.71. The van der Waals surface area contributed by atoms with Crippen LogP contribution in [-0.4, -0.2) is 21.0 Å². The third-order valence-corrected chi connectivity index (χ3v) is 2.50. The van der Waals surface area contributed by atoms with Gasteiger partial charge in [-0.05, 0) is 0 Å². The summed E-state index contributed by atoms with van der Waals surface area (Å²) in [5, 5.41) is 16.6. The van der Waals surface area contributed by atoms with Crippen LogP contribution < -0.4 is 5.32 Å². The Bertz CT molecular complexity index is 614. The largest absolute Gasteiger partial charge is 0.364 e. The molecule has 2 aromatic heterocycles. The van der Waals surface area contributed by atoms with E-state index in [0.717, 1.165) is 12.3 Å². The first-order valence-corrected chi connectivity index (χ1v) is 5.43. The number of hydrogen-bond donors (Lipinski definition) is 1. The summed E-state index contributed by atoms with van der Waals surface area (Å²) in [6, 6.07) is 2.64. The van der Waals surface area contributed by atoms with Crippen LogP contribution in [0.2, 0.25) is 5.15 Å². The fourth-order valence-corrected chi connectivity index (χ4v) is 1.48. The summed E-state index contributed by atoms with van der Waals surface area (Å²) in [6.45, 7) is 0.119. The number of aromatic nitrogens is 2. The summed E-state index contributed by atoms with van der Waals surface area (Å²) in [5.74, 6) is -0.579. The van der Waals surface area contributed by atoms with E-state index in [-0.39, 0.29) is 22.9 Å². The lowest BCUT2D eigenvalue weighted by molar-refractivity contribution is -0.385. The minimum atomic E-state index is -0.655. The van der Waals surface area contributed by atoms with E-state index in [0.29, 0.717) is 5.69 Å². The molecule has 0 atom stereocenters. The minimum Gasteiger partial charge on any atom is -0.364 e. The topological polar surface area (TPSA) is 111 Å². The van der Waals surface area contributed by atoms with Crippen LogP contribution in [0.5, 0.6) is 0 Å². The lowest BCUT2D eigenvalue weighted by Crippen LogP contribution is -2.23. The van der Waals surface area contributed by atoms with Gasteiger partial charge >= 0.3 is 0 Å². The number of halogens is 1. The molecule has 98 valence electrons. The predicted octanol–water partition coefficient (Wildman–Crippen LogP) is 1.56. The van der Waals surface area contributed by atoms with E-state index in [9.17, 15) is 14.9 Å². The van der Waals surface area contributed by atoms with Gasteiger partial charge in [-0.3, -0.25) is 14.9 Å². The number of nitrogens with one attached hydrogen (secondary N) is 1. The van der Waals surface area contributed by atoms with Gasteiger partial charge in [0.1, 0.15) is 23.3 Å². The van der Waals surface area contributed by atoms with Crippen molar-refractivity contribution in [2.24, 2.45) is 0 Å². The summed E-state index contributed by atoms with van der Waals surface area (Å²) in [6.07, 6.45) is 2.35. The van der Waals surface area contributed by atoms with E-state index in [1.54, 1.807) is 6.07 Å². The molecular weight excluding hydrogens is 276 g/mol. The van der Waals surface area contributed by atoms with Gasteiger partial charge in [0.15, 0.2) is 0 Å². The molecule has 8 nitrogen and oxygen atoms in total. The van der Waals surface area contributed by atoms with Crippen LogP contribution in [0.4, 0.5) is 5.69 Å². The Hall–Kier alpha value is -2.48. The first kappa shape index (κ1) is 13.0. The second-order valence-corrected chi connectivity index (χ2v) is 3.82. The van der Waals surface area contributed by atoms with Gasteiger partial charge in [0, 0.05) is 12.1 Å². The van der Waals surface area contributed by atoms with Gasteiger partial charge in [0.25, 0.3) is 11.6 Å². The van der Waals surface area contributed by atoms with Gasteiger partial charge in [0.05, 0.1) is 17.0 Å². The predicted molar refractivity (Wildman–Crippen MR) is 63.6 cm³/mol. The molecule has 0 saturated heterocycles. The maximum absolute atomic E-state index is 11.8. The van der Waals surface area contributed by atoms with E-state index in [2.05, 4.69) is 20.0 Å². The van der Waals surface area contributed by atoms with Crippen LogP contribution in [0.1, 0.15) is 16.1 Å². The molecule has 2 rings (SSSR count). The molecule has 1 amide bonds. The lowest BCUT2D eigenvalue weighted by Gasteiger charge is -2.04. The van der Waals surface area contributed by atoms with Gasteiger partial charge in [-0.1, -0.05) is 16.8 Å². The number of amides is 1. The van der Waals surface area contributed by atoms with Gasteiger partial charge in [-0.15, -0.1) is 0 Å². The zero-order chi connectivity index (χ0) is 13.8. The molecule has 0 radical (unpaired) electrons. The van der Waals surface area contributed by atoms with Gasteiger partial charge in [0.2, 0.25) is 0 Å². The first-order valence-electron chi connectivity index (χ1n) is 5.05. The average Bonchev–Trinajstić information content (AvgIpc) is 2.89. The van der Waals surface area contributed by atoms with Crippen molar-refractivity contribution in [3.63, 3.8) is 0 Å². The number of carbonyl (C=O) groups is 1. The van der Waals surface area contributed by atoms with Crippen molar-refractivity contribution in [1.29, 1.82) is 0 Å². The zero-order valence-corrected chi connectivity index (χ0v) is 10.1. The van der Waals surface area contributed by atoms with E-state index >= 15 is 0 Å². The van der Waals surface area contributed by atoms with Crippen molar-refractivity contribution in [3.8, 4) is 0 Å². The van der Waals surface area contributed by atoms with Gasteiger partial charge < -0.3 is 9.84 Å². The van der Waals surface area contributed by atoms with E-state index in [4.69, 9.17) is 11.6 Å². The average molecular weight is 283 g/mol. The van der Waals surface area contributed by atoms with Crippen LogP contribution in [0.15, 0.2) is 29.1 Å². The third kappa shape index (κ3) is 3.05. The molecule has 0 unspecified atom stereocenters. The van der Waals surface area contributed by atoms with E-state index in [1.807, 2.05) is 0 Å². The highest BCUT2D eigenvalue weighted by atomic mass is 35.5. The highest BCUT2D eigenvalue weighted by Crippen LogP contribution is 2.18. The number of rotatable bonds is 4. The fourth-order valence-electron chi connectivity index (χ4n) is 1.29. The normalized spacial score (nSPS) is 10.2. The molecule has 2 aromatic rings. The molecule has 0 spiro atoms. The quantitative estimate of drug-likeness (QED) is 0.517. The van der Waals surface area contributed by atoms with Crippen LogP contribution in [0.25, 0.3) is 0 Å². The van der Waals surface area contributed by atoms with Crippen molar-refractivity contribution < 1.29 is 14.2 Å².